The Kier molecular flexibility index (Phi) is 4.09. The number of hydrogen-bond acceptors (Lipinski definition) is 2. The summed E-state index contributed by atoms with van der Waals surface area (Å²) >= 11 is 5.98. The van der Waals surface area contributed by atoms with Gasteiger partial charge in [0.15, 0.2) is 0 Å². The molecule has 0 saturated carbocycles. The van der Waals surface area contributed by atoms with Crippen LogP contribution in [0, 0.1) is 0 Å². The van der Waals surface area contributed by atoms with Gasteiger partial charge in [-0.05, 0) is 24.6 Å². The lowest BCUT2D eigenvalue weighted by Crippen LogP contribution is -2.31. The second-order valence-corrected chi connectivity index (χ2v) is 5.19. The molecule has 0 radical (unpaired) electrons. The summed E-state index contributed by atoms with van der Waals surface area (Å²) < 4.78 is 0. The molecule has 106 valence electrons. The number of urea groups is 1. The highest BCUT2D eigenvalue weighted by Gasteiger charge is 2.34. The molecule has 1 aliphatic rings. The lowest BCUT2D eigenvalue weighted by atomic mass is 10.1. The number of anilines is 1. The van der Waals surface area contributed by atoms with Crippen LogP contribution >= 0.6 is 11.6 Å². The van der Waals surface area contributed by atoms with Crippen LogP contribution in [0.1, 0.15) is 18.9 Å². The van der Waals surface area contributed by atoms with Gasteiger partial charge in [0, 0.05) is 31.2 Å². The maximum absolute atomic E-state index is 12.4. The molecule has 0 aliphatic carbocycles. The van der Waals surface area contributed by atoms with E-state index >= 15 is 0 Å². The van der Waals surface area contributed by atoms with Gasteiger partial charge >= 0.3 is 6.03 Å². The van der Waals surface area contributed by atoms with E-state index in [1.807, 2.05) is 6.92 Å². The van der Waals surface area contributed by atoms with Gasteiger partial charge in [-0.1, -0.05) is 18.5 Å². The Balaban J connectivity index is 2.52. The number of halogens is 1. The lowest BCUT2D eigenvalue weighted by Gasteiger charge is -2.15. The fourth-order valence-electron chi connectivity index (χ4n) is 2.04. The summed E-state index contributed by atoms with van der Waals surface area (Å²) in [6.07, 6.45) is 0.822. The van der Waals surface area contributed by atoms with E-state index in [1.165, 1.54) is 4.90 Å². The molecule has 3 amide bonds. The predicted octanol–water partition coefficient (Wildman–Crippen LogP) is 2.57. The normalized spacial score (nSPS) is 15.7. The van der Waals surface area contributed by atoms with Crippen molar-refractivity contribution >= 4 is 34.9 Å². The van der Waals surface area contributed by atoms with Crippen LogP contribution in [-0.4, -0.2) is 43.2 Å². The average Bonchev–Trinajstić information content (AvgIpc) is 2.64. The summed E-state index contributed by atoms with van der Waals surface area (Å²) in [5.74, 6) is -0.251. The first-order valence-electron chi connectivity index (χ1n) is 6.37. The van der Waals surface area contributed by atoms with Gasteiger partial charge in [-0.3, -0.25) is 4.79 Å². The summed E-state index contributed by atoms with van der Waals surface area (Å²) in [4.78, 5) is 31.0. The molecule has 0 spiro atoms. The first-order chi connectivity index (χ1) is 9.45. The summed E-state index contributed by atoms with van der Waals surface area (Å²) in [7, 11) is 3.18. The Morgan fingerprint density at radius 3 is 2.70 bits per heavy atom. The highest BCUT2D eigenvalue weighted by atomic mass is 35.5. The van der Waals surface area contributed by atoms with Gasteiger partial charge in [0.25, 0.3) is 5.91 Å². The third-order valence-corrected chi connectivity index (χ3v) is 3.22. The zero-order valence-corrected chi connectivity index (χ0v) is 12.4. The first-order valence-corrected chi connectivity index (χ1v) is 6.75. The van der Waals surface area contributed by atoms with Crippen molar-refractivity contribution < 1.29 is 9.59 Å². The minimum Gasteiger partial charge on any atom is -0.329 e. The highest BCUT2D eigenvalue weighted by Crippen LogP contribution is 2.31. The van der Waals surface area contributed by atoms with Crippen molar-refractivity contribution in [2.75, 3.05) is 25.5 Å². The lowest BCUT2D eigenvalue weighted by molar-refractivity contribution is -0.112. The summed E-state index contributed by atoms with van der Waals surface area (Å²) in [6.45, 7) is 2.58. The third-order valence-electron chi connectivity index (χ3n) is 2.99. The summed E-state index contributed by atoms with van der Waals surface area (Å²) in [6, 6.07) is 4.73. The second kappa shape index (κ2) is 5.63. The number of carbonyl (C=O) groups excluding carboxylic acids is 2. The van der Waals surface area contributed by atoms with Crippen LogP contribution in [0.2, 0.25) is 5.02 Å². The Labute approximate surface area is 122 Å². The van der Waals surface area contributed by atoms with Crippen LogP contribution in [0.4, 0.5) is 10.5 Å². The quantitative estimate of drug-likeness (QED) is 0.841. The smallest absolute Gasteiger partial charge is 0.329 e. The van der Waals surface area contributed by atoms with Crippen molar-refractivity contribution in [3.63, 3.8) is 0 Å². The maximum Gasteiger partial charge on any atom is 0.343 e. The predicted molar refractivity (Wildman–Crippen MR) is 79.7 cm³/mol. The number of hydrogen-bond donors (Lipinski definition) is 0. The largest absolute Gasteiger partial charge is 0.343 e. The Hall–Kier alpha value is -1.88. The molecule has 0 bridgehead atoms. The Bertz CT molecular complexity index is 596. The topological polar surface area (TPSA) is 53.0 Å². The number of benzene rings is 1. The van der Waals surface area contributed by atoms with E-state index in [4.69, 9.17) is 11.6 Å². The van der Waals surface area contributed by atoms with Crippen LogP contribution in [0.25, 0.3) is 0 Å². The molecule has 0 atom stereocenters. The van der Waals surface area contributed by atoms with Gasteiger partial charge in [0.2, 0.25) is 0 Å². The van der Waals surface area contributed by atoms with Gasteiger partial charge in [-0.25, -0.2) is 4.79 Å². The molecule has 5 nitrogen and oxygen atoms in total. The summed E-state index contributed by atoms with van der Waals surface area (Å²) in [5.41, 5.74) is 1.53. The fourth-order valence-corrected chi connectivity index (χ4v) is 2.21. The van der Waals surface area contributed by atoms with Crippen LogP contribution < -0.4 is 4.90 Å². The number of fused-ring (bicyclic) bond motifs is 1. The monoisotopic (exact) mass is 293 g/mol. The number of aliphatic imine (C=N–C) groups is 1. The molecule has 1 aromatic carbocycles. The molecule has 0 unspecified atom stereocenters. The van der Waals surface area contributed by atoms with Gasteiger partial charge in [0.05, 0.1) is 5.69 Å². The van der Waals surface area contributed by atoms with Gasteiger partial charge in [-0.15, -0.1) is 0 Å². The van der Waals surface area contributed by atoms with E-state index in [9.17, 15) is 9.59 Å². The van der Waals surface area contributed by atoms with E-state index < -0.39 is 6.03 Å². The van der Waals surface area contributed by atoms with Crippen molar-refractivity contribution in [2.45, 2.75) is 13.3 Å². The Morgan fingerprint density at radius 2 is 2.10 bits per heavy atom. The van der Waals surface area contributed by atoms with Crippen LogP contribution in [0.15, 0.2) is 23.2 Å². The zero-order chi connectivity index (χ0) is 14.9. The van der Waals surface area contributed by atoms with Crippen LogP contribution in [-0.2, 0) is 4.79 Å². The van der Waals surface area contributed by atoms with E-state index in [-0.39, 0.29) is 11.6 Å². The van der Waals surface area contributed by atoms with Crippen LogP contribution in [0.3, 0.4) is 0 Å². The van der Waals surface area contributed by atoms with Gasteiger partial charge in [0.1, 0.15) is 5.71 Å². The van der Waals surface area contributed by atoms with Crippen molar-refractivity contribution in [3.05, 3.63) is 28.8 Å². The molecule has 1 heterocycles. The van der Waals surface area contributed by atoms with Crippen molar-refractivity contribution in [1.82, 2.24) is 4.90 Å². The first kappa shape index (κ1) is 14.5. The molecule has 2 rings (SSSR count). The average molecular weight is 294 g/mol. The van der Waals surface area contributed by atoms with E-state index in [2.05, 4.69) is 4.99 Å². The van der Waals surface area contributed by atoms with Crippen molar-refractivity contribution in [2.24, 2.45) is 4.99 Å². The second-order valence-electron chi connectivity index (χ2n) is 4.76. The number of carbonyl (C=O) groups is 2. The zero-order valence-electron chi connectivity index (χ0n) is 11.7. The fraction of sp³-hybridized carbons (Fsp3) is 0.357. The SMILES string of the molecule is CCCN1C(=O)C(=NC(=O)N(C)C)c2cc(Cl)ccc21. The summed E-state index contributed by atoms with van der Waals surface area (Å²) in [5, 5.41) is 0.514. The minimum atomic E-state index is -0.461. The highest BCUT2D eigenvalue weighted by molar-refractivity contribution is 6.55. The van der Waals surface area contributed by atoms with Gasteiger partial charge in [-0.2, -0.15) is 4.99 Å². The minimum absolute atomic E-state index is 0.162. The van der Waals surface area contributed by atoms with Gasteiger partial charge < -0.3 is 9.80 Å². The third kappa shape index (κ3) is 2.54. The van der Waals surface area contributed by atoms with Crippen molar-refractivity contribution in [1.29, 1.82) is 0 Å². The molecule has 0 aromatic heterocycles. The number of nitrogens with zero attached hydrogens (tertiary/aromatic N) is 3. The number of amides is 3. The molecular weight excluding hydrogens is 278 g/mol. The molecular formula is C14H16ClN3O2. The molecule has 0 fully saturated rings. The van der Waals surface area contributed by atoms with Crippen molar-refractivity contribution in [3.8, 4) is 0 Å². The molecule has 20 heavy (non-hydrogen) atoms. The van der Waals surface area contributed by atoms with Crippen LogP contribution in [0.5, 0.6) is 0 Å². The van der Waals surface area contributed by atoms with E-state index in [1.54, 1.807) is 37.2 Å². The number of rotatable bonds is 2. The molecule has 6 heteroatoms. The molecule has 1 aliphatic heterocycles. The maximum atomic E-state index is 12.4. The standard InChI is InChI=1S/C14H16ClN3O2/c1-4-7-18-11-6-5-9(15)8-10(11)12(13(18)19)16-14(20)17(2)3/h5-6,8H,4,7H2,1-3H3. The van der Waals surface area contributed by atoms with E-state index in [0.717, 1.165) is 12.1 Å². The molecule has 0 saturated heterocycles. The van der Waals surface area contributed by atoms with E-state index in [0.29, 0.717) is 17.1 Å². The Morgan fingerprint density at radius 1 is 1.40 bits per heavy atom. The molecule has 1 aromatic rings. The molecule has 0 N–H and O–H groups in total.